The number of rotatable bonds is 4. The second-order valence-corrected chi connectivity index (χ2v) is 16.9. The molecule has 2 saturated heterocycles. The van der Waals surface area contributed by atoms with Crippen LogP contribution in [0.2, 0.25) is 0 Å². The molecular formula is C38H48Br2N6O4. The lowest BCUT2D eigenvalue weighted by atomic mass is 9.72. The molecule has 2 saturated carbocycles. The van der Waals surface area contributed by atoms with Gasteiger partial charge in [-0.1, -0.05) is 13.8 Å². The van der Waals surface area contributed by atoms with Gasteiger partial charge in [-0.2, -0.15) is 10.2 Å². The molecule has 12 heteroatoms. The van der Waals surface area contributed by atoms with Gasteiger partial charge in [0.25, 0.3) is 0 Å². The van der Waals surface area contributed by atoms with Crippen molar-refractivity contribution in [2.45, 2.75) is 101 Å². The Balaban J connectivity index is 0.000000157. The summed E-state index contributed by atoms with van der Waals surface area (Å²) >= 11 is 7.10. The molecule has 4 fully saturated rings. The van der Waals surface area contributed by atoms with Crippen molar-refractivity contribution in [3.63, 3.8) is 0 Å². The molecule has 4 heterocycles. The van der Waals surface area contributed by atoms with Crippen LogP contribution in [0.15, 0.2) is 45.6 Å². The van der Waals surface area contributed by atoms with Crippen molar-refractivity contribution in [3.8, 4) is 11.5 Å². The van der Waals surface area contributed by atoms with Crippen molar-refractivity contribution < 1.29 is 19.1 Å². The average molecular weight is 813 g/mol. The Morgan fingerprint density at radius 3 is 1.40 bits per heavy atom. The average Bonchev–Trinajstić information content (AvgIpc) is 3.83. The zero-order valence-electron chi connectivity index (χ0n) is 29.9. The van der Waals surface area contributed by atoms with Crippen molar-refractivity contribution in [2.75, 3.05) is 28.3 Å². The molecule has 268 valence electrons. The molecule has 2 aromatic carbocycles. The number of carbonyl (C=O) groups is 2. The number of ether oxygens (including phenoxy) is 2. The van der Waals surface area contributed by atoms with Gasteiger partial charge in [0.2, 0.25) is 11.8 Å². The van der Waals surface area contributed by atoms with E-state index in [9.17, 15) is 9.59 Å². The number of aromatic nitrogens is 4. The summed E-state index contributed by atoms with van der Waals surface area (Å²) < 4.78 is 16.9. The third kappa shape index (κ3) is 6.11. The fourth-order valence-corrected chi connectivity index (χ4v) is 10.6. The van der Waals surface area contributed by atoms with Crippen LogP contribution in [0.4, 0.5) is 0 Å². The predicted molar refractivity (Wildman–Crippen MR) is 202 cm³/mol. The minimum Gasteiger partial charge on any atom is -0.495 e. The molecule has 50 heavy (non-hydrogen) atoms. The molecule has 10 nitrogen and oxygen atoms in total. The maximum absolute atomic E-state index is 12.0. The molecule has 0 radical (unpaired) electrons. The van der Waals surface area contributed by atoms with Gasteiger partial charge in [-0.3, -0.25) is 19.0 Å². The third-order valence-electron chi connectivity index (χ3n) is 12.6. The van der Waals surface area contributed by atoms with E-state index in [0.717, 1.165) is 93.6 Å². The van der Waals surface area contributed by atoms with Crippen LogP contribution < -0.4 is 9.47 Å². The second-order valence-electron chi connectivity index (χ2n) is 15.2. The number of nitrogens with zero attached hydrogens (tertiary/aromatic N) is 6. The lowest BCUT2D eigenvalue weighted by Gasteiger charge is -2.45. The Kier molecular flexibility index (Phi) is 9.50. The van der Waals surface area contributed by atoms with E-state index in [1.54, 1.807) is 14.2 Å². The summed E-state index contributed by atoms with van der Waals surface area (Å²) in [7, 11) is 7.30. The number of methoxy groups -OCH3 is 2. The van der Waals surface area contributed by atoms with Crippen LogP contribution in [0.5, 0.6) is 11.5 Å². The SMILES string of the molecule is COc1cc2nn([C@@H]3CC[C@@]4(CCC(=O)N4C)C[C@H]3C)cc2cc1Br.COc1cc2nn([C@@H]3CC[C@]4(CCC(=O)N4C)C[C@H]3C)cc2cc1Br. The Labute approximate surface area is 311 Å². The number of fused-ring (bicyclic) bond motifs is 2. The van der Waals surface area contributed by atoms with Crippen molar-refractivity contribution in [1.29, 1.82) is 0 Å². The van der Waals surface area contributed by atoms with Gasteiger partial charge in [-0.05, 0) is 107 Å². The molecule has 4 aliphatic rings. The van der Waals surface area contributed by atoms with Gasteiger partial charge >= 0.3 is 0 Å². The van der Waals surface area contributed by atoms with Crippen molar-refractivity contribution in [3.05, 3.63) is 45.6 Å². The van der Waals surface area contributed by atoms with Gasteiger partial charge < -0.3 is 19.3 Å². The smallest absolute Gasteiger partial charge is 0.222 e. The van der Waals surface area contributed by atoms with E-state index in [1.807, 2.05) is 36.0 Å². The normalized spacial score (nSPS) is 29.8. The van der Waals surface area contributed by atoms with E-state index in [2.05, 4.69) is 79.6 Å². The third-order valence-corrected chi connectivity index (χ3v) is 13.8. The first-order valence-electron chi connectivity index (χ1n) is 17.8. The van der Waals surface area contributed by atoms with E-state index in [4.69, 9.17) is 19.7 Å². The largest absolute Gasteiger partial charge is 0.495 e. The summed E-state index contributed by atoms with van der Waals surface area (Å²) in [4.78, 5) is 28.0. The lowest BCUT2D eigenvalue weighted by Crippen LogP contribution is -2.48. The van der Waals surface area contributed by atoms with Crippen LogP contribution in [-0.2, 0) is 9.59 Å². The van der Waals surface area contributed by atoms with Gasteiger partial charge in [0.15, 0.2) is 0 Å². The van der Waals surface area contributed by atoms with Gasteiger partial charge in [0.05, 0.1) is 46.3 Å². The quantitative estimate of drug-likeness (QED) is 0.206. The summed E-state index contributed by atoms with van der Waals surface area (Å²) in [6, 6.07) is 8.85. The number of benzene rings is 2. The van der Waals surface area contributed by atoms with E-state index < -0.39 is 0 Å². The second kappa shape index (κ2) is 13.5. The van der Waals surface area contributed by atoms with Gasteiger partial charge in [0, 0.05) is 73.3 Å². The molecule has 8 rings (SSSR count). The Hall–Kier alpha value is -3.12. The summed E-state index contributed by atoms with van der Waals surface area (Å²) in [5, 5.41) is 11.9. The Morgan fingerprint density at radius 1 is 0.680 bits per heavy atom. The van der Waals surface area contributed by atoms with Gasteiger partial charge in [0.1, 0.15) is 11.5 Å². The molecule has 2 spiro atoms. The number of halogens is 2. The molecule has 0 unspecified atom stereocenters. The van der Waals surface area contributed by atoms with Gasteiger partial charge in [-0.25, -0.2) is 0 Å². The number of hydrogen-bond acceptors (Lipinski definition) is 6. The standard InChI is InChI=1S/2C19H24BrN3O2/c2*1-12-10-19(7-5-18(24)22(19)2)6-4-16(12)23-11-13-8-14(20)17(25-3)9-15(13)21-23/h2*8-9,11-12,16H,4-7,10H2,1-3H3/t12-,16-,19+;12-,16-,19-/m11/s1. The van der Waals surface area contributed by atoms with Crippen LogP contribution in [0.1, 0.15) is 90.1 Å². The first-order chi connectivity index (χ1) is 23.9. The van der Waals surface area contributed by atoms with Crippen LogP contribution in [0.25, 0.3) is 21.8 Å². The highest BCUT2D eigenvalue weighted by Gasteiger charge is 2.49. The van der Waals surface area contributed by atoms with E-state index >= 15 is 0 Å². The summed E-state index contributed by atoms with van der Waals surface area (Å²) in [6.07, 6.45) is 14.1. The Morgan fingerprint density at radius 2 is 1.08 bits per heavy atom. The predicted octanol–water partition coefficient (Wildman–Crippen LogP) is 8.32. The van der Waals surface area contributed by atoms with Crippen molar-refractivity contribution in [2.24, 2.45) is 11.8 Å². The van der Waals surface area contributed by atoms with Crippen LogP contribution in [-0.4, -0.2) is 80.6 Å². The molecular weight excluding hydrogens is 764 g/mol. The summed E-state index contributed by atoms with van der Waals surface area (Å²) in [5.74, 6) is 3.18. The summed E-state index contributed by atoms with van der Waals surface area (Å²) in [6.45, 7) is 4.59. The topological polar surface area (TPSA) is 94.7 Å². The highest BCUT2D eigenvalue weighted by molar-refractivity contribution is 9.11. The monoisotopic (exact) mass is 810 g/mol. The highest BCUT2D eigenvalue weighted by Crippen LogP contribution is 2.49. The van der Waals surface area contributed by atoms with Crippen molar-refractivity contribution in [1.82, 2.24) is 29.4 Å². The van der Waals surface area contributed by atoms with Crippen LogP contribution in [0, 0.1) is 11.8 Å². The minimum atomic E-state index is 0.0752. The lowest BCUT2D eigenvalue weighted by molar-refractivity contribution is -0.131. The molecule has 2 aliphatic heterocycles. The number of hydrogen-bond donors (Lipinski definition) is 0. The molecule has 2 aliphatic carbocycles. The van der Waals surface area contributed by atoms with Gasteiger partial charge in [-0.15, -0.1) is 0 Å². The minimum absolute atomic E-state index is 0.0752. The number of carbonyl (C=O) groups excluding carboxylic acids is 2. The maximum Gasteiger partial charge on any atom is 0.222 e. The molecule has 4 aromatic rings. The molecule has 0 N–H and O–H groups in total. The van der Waals surface area contributed by atoms with Crippen LogP contribution in [0.3, 0.4) is 0 Å². The maximum atomic E-state index is 12.0. The zero-order valence-corrected chi connectivity index (χ0v) is 33.1. The molecule has 2 aromatic heterocycles. The van der Waals surface area contributed by atoms with Crippen LogP contribution >= 0.6 is 31.9 Å². The van der Waals surface area contributed by atoms with E-state index in [1.165, 1.54) is 0 Å². The molecule has 0 bridgehead atoms. The number of likely N-dealkylation sites (tertiary alicyclic amines) is 2. The van der Waals surface area contributed by atoms with E-state index in [-0.39, 0.29) is 11.1 Å². The first-order valence-corrected chi connectivity index (χ1v) is 19.4. The zero-order chi connectivity index (χ0) is 35.5. The Bertz CT molecular complexity index is 1800. The highest BCUT2D eigenvalue weighted by atomic mass is 79.9. The fraction of sp³-hybridized carbons (Fsp3) is 0.579. The first kappa shape index (κ1) is 35.3. The summed E-state index contributed by atoms with van der Waals surface area (Å²) in [5.41, 5.74) is 2.07. The number of amides is 2. The molecule has 2 amide bonds. The fourth-order valence-electron chi connectivity index (χ4n) is 9.55. The van der Waals surface area contributed by atoms with E-state index in [0.29, 0.717) is 48.6 Å². The van der Waals surface area contributed by atoms with Crippen molar-refractivity contribution >= 4 is 65.5 Å². The molecule has 6 atom stereocenters.